The molecular formula is C20H28F3N3O3. The van der Waals surface area contributed by atoms with E-state index in [1.54, 1.807) is 0 Å². The maximum Gasteiger partial charge on any atom is 0.490 e. The normalized spacial score (nSPS) is 19.4. The maximum atomic E-state index is 12.8. The molecule has 6 nitrogen and oxygen atoms in total. The van der Waals surface area contributed by atoms with Crippen LogP contribution in [0.15, 0.2) is 24.5 Å². The molecule has 0 unspecified atom stereocenters. The van der Waals surface area contributed by atoms with Gasteiger partial charge in [0, 0.05) is 32.0 Å². The van der Waals surface area contributed by atoms with Crippen molar-refractivity contribution in [2.75, 3.05) is 26.2 Å². The zero-order valence-electron chi connectivity index (χ0n) is 16.8. The number of carbonyl (C=O) groups excluding carboxylic acids is 1. The fourth-order valence-electron chi connectivity index (χ4n) is 3.86. The van der Waals surface area contributed by atoms with Crippen LogP contribution in [0.2, 0.25) is 0 Å². The molecule has 2 aliphatic heterocycles. The Morgan fingerprint density at radius 1 is 1.24 bits per heavy atom. The number of amides is 1. The lowest BCUT2D eigenvalue weighted by atomic mass is 9.77. The Kier molecular flexibility index (Phi) is 7.62. The highest BCUT2D eigenvalue weighted by Crippen LogP contribution is 2.41. The van der Waals surface area contributed by atoms with E-state index in [4.69, 9.17) is 9.90 Å². The van der Waals surface area contributed by atoms with E-state index in [1.165, 1.54) is 5.56 Å². The second-order valence-electron chi connectivity index (χ2n) is 8.12. The predicted octanol–water partition coefficient (Wildman–Crippen LogP) is 3.19. The van der Waals surface area contributed by atoms with E-state index in [2.05, 4.69) is 34.7 Å². The smallest absolute Gasteiger partial charge is 0.475 e. The molecule has 0 atom stereocenters. The minimum absolute atomic E-state index is 0.0552. The summed E-state index contributed by atoms with van der Waals surface area (Å²) in [4.78, 5) is 30.4. The van der Waals surface area contributed by atoms with Crippen LogP contribution in [0.5, 0.6) is 0 Å². The zero-order valence-corrected chi connectivity index (χ0v) is 16.8. The number of carbonyl (C=O) groups is 2. The topological polar surface area (TPSA) is 73.7 Å². The first kappa shape index (κ1) is 23.1. The summed E-state index contributed by atoms with van der Waals surface area (Å²) in [6.07, 6.45) is 1.76. The third-order valence-corrected chi connectivity index (χ3v) is 5.37. The highest BCUT2D eigenvalue weighted by Gasteiger charge is 2.47. The van der Waals surface area contributed by atoms with Crippen molar-refractivity contribution in [3.05, 3.63) is 30.1 Å². The number of aromatic nitrogens is 1. The number of nitrogens with zero attached hydrogens (tertiary/aromatic N) is 3. The third-order valence-electron chi connectivity index (χ3n) is 5.37. The van der Waals surface area contributed by atoms with Gasteiger partial charge in [-0.2, -0.15) is 13.2 Å². The van der Waals surface area contributed by atoms with E-state index in [0.717, 1.165) is 52.0 Å². The van der Waals surface area contributed by atoms with Gasteiger partial charge in [0.2, 0.25) is 5.91 Å². The number of alkyl halides is 3. The molecule has 0 saturated carbocycles. The first-order chi connectivity index (χ1) is 13.5. The largest absolute Gasteiger partial charge is 0.490 e. The van der Waals surface area contributed by atoms with Gasteiger partial charge in [-0.25, -0.2) is 4.79 Å². The molecular weight excluding hydrogens is 387 g/mol. The summed E-state index contributed by atoms with van der Waals surface area (Å²) in [6, 6.07) is 4.12. The molecule has 1 aromatic heterocycles. The van der Waals surface area contributed by atoms with Crippen molar-refractivity contribution < 1.29 is 27.9 Å². The zero-order chi connectivity index (χ0) is 21.7. The van der Waals surface area contributed by atoms with Gasteiger partial charge in [0.1, 0.15) is 0 Å². The minimum Gasteiger partial charge on any atom is -0.475 e. The van der Waals surface area contributed by atoms with E-state index in [9.17, 15) is 18.0 Å². The number of carboxylic acids is 1. The average Bonchev–Trinajstić information content (AvgIpc) is 2.94. The number of hydrogen-bond donors (Lipinski definition) is 1. The van der Waals surface area contributed by atoms with Gasteiger partial charge in [-0.3, -0.25) is 14.7 Å². The first-order valence-corrected chi connectivity index (χ1v) is 9.74. The van der Waals surface area contributed by atoms with Crippen LogP contribution in [0.3, 0.4) is 0 Å². The fourth-order valence-corrected chi connectivity index (χ4v) is 3.86. The Balaban J connectivity index is 0.000000370. The molecule has 2 aliphatic rings. The Morgan fingerprint density at radius 2 is 1.83 bits per heavy atom. The van der Waals surface area contributed by atoms with Crippen LogP contribution in [0.4, 0.5) is 13.2 Å². The number of hydrogen-bond acceptors (Lipinski definition) is 4. The second kappa shape index (κ2) is 9.56. The van der Waals surface area contributed by atoms with Gasteiger partial charge in [0.05, 0.1) is 5.41 Å². The van der Waals surface area contributed by atoms with Crippen LogP contribution in [0, 0.1) is 11.3 Å². The summed E-state index contributed by atoms with van der Waals surface area (Å²) in [7, 11) is 0. The maximum absolute atomic E-state index is 12.8. The third kappa shape index (κ3) is 6.42. The molecule has 1 amide bonds. The number of piperidine rings is 1. The first-order valence-electron chi connectivity index (χ1n) is 9.74. The van der Waals surface area contributed by atoms with E-state index in [0.29, 0.717) is 11.8 Å². The van der Waals surface area contributed by atoms with Crippen molar-refractivity contribution in [3.8, 4) is 0 Å². The molecule has 9 heteroatoms. The second-order valence-corrected chi connectivity index (χ2v) is 8.12. The van der Waals surface area contributed by atoms with Gasteiger partial charge in [0.25, 0.3) is 0 Å². The molecule has 0 aromatic carbocycles. The molecule has 3 heterocycles. The number of aliphatic carboxylic acids is 1. The molecule has 2 fully saturated rings. The quantitative estimate of drug-likeness (QED) is 0.818. The van der Waals surface area contributed by atoms with E-state index in [-0.39, 0.29) is 5.41 Å². The average molecular weight is 415 g/mol. The minimum atomic E-state index is -5.08. The molecule has 3 rings (SSSR count). The standard InChI is InChI=1S/C18H27N3O.C2HF3O2/c1-15(2)13-21-11-7-18(17(21)22)5-9-20(10-6-18)14-16-4-3-8-19-12-16;3-2(4,5)1(6)7/h3-4,8,12,15H,5-7,9-11,13-14H2,1-2H3;(H,6,7). The van der Waals surface area contributed by atoms with Crippen molar-refractivity contribution in [2.45, 2.75) is 45.8 Å². The van der Waals surface area contributed by atoms with Crippen LogP contribution in [-0.4, -0.2) is 64.1 Å². The van der Waals surface area contributed by atoms with Crippen molar-refractivity contribution in [1.82, 2.24) is 14.8 Å². The lowest BCUT2D eigenvalue weighted by Gasteiger charge is -2.38. The predicted molar refractivity (Wildman–Crippen MR) is 101 cm³/mol. The monoisotopic (exact) mass is 415 g/mol. The lowest BCUT2D eigenvalue weighted by molar-refractivity contribution is -0.192. The summed E-state index contributed by atoms with van der Waals surface area (Å²) < 4.78 is 31.7. The summed E-state index contributed by atoms with van der Waals surface area (Å²) in [5.74, 6) is -1.78. The number of likely N-dealkylation sites (tertiary alicyclic amines) is 2. The number of pyridine rings is 1. The van der Waals surface area contributed by atoms with Crippen LogP contribution in [0.1, 0.15) is 38.7 Å². The molecule has 0 bridgehead atoms. The van der Waals surface area contributed by atoms with E-state index < -0.39 is 12.1 Å². The van der Waals surface area contributed by atoms with Crippen molar-refractivity contribution in [2.24, 2.45) is 11.3 Å². The summed E-state index contributed by atoms with van der Waals surface area (Å²) >= 11 is 0. The summed E-state index contributed by atoms with van der Waals surface area (Å²) in [5, 5.41) is 7.12. The van der Waals surface area contributed by atoms with Gasteiger partial charge in [0.15, 0.2) is 0 Å². The van der Waals surface area contributed by atoms with Gasteiger partial charge < -0.3 is 10.0 Å². The molecule has 1 N–H and O–H groups in total. The van der Waals surface area contributed by atoms with Crippen LogP contribution in [-0.2, 0) is 16.1 Å². The molecule has 162 valence electrons. The van der Waals surface area contributed by atoms with Crippen LogP contribution in [0.25, 0.3) is 0 Å². The van der Waals surface area contributed by atoms with Crippen molar-refractivity contribution >= 4 is 11.9 Å². The Bertz CT molecular complexity index is 687. The van der Waals surface area contributed by atoms with Crippen molar-refractivity contribution in [1.29, 1.82) is 0 Å². The molecule has 1 spiro atoms. The van der Waals surface area contributed by atoms with Gasteiger partial charge >= 0.3 is 12.1 Å². The molecule has 2 saturated heterocycles. The molecule has 0 radical (unpaired) electrons. The number of carboxylic acid groups (broad SMARTS) is 1. The van der Waals surface area contributed by atoms with Crippen LogP contribution < -0.4 is 0 Å². The highest BCUT2D eigenvalue weighted by molar-refractivity contribution is 5.85. The summed E-state index contributed by atoms with van der Waals surface area (Å²) in [6.45, 7) is 9.25. The van der Waals surface area contributed by atoms with Gasteiger partial charge in [-0.15, -0.1) is 0 Å². The fraction of sp³-hybridized carbons (Fsp3) is 0.650. The number of halogens is 3. The van der Waals surface area contributed by atoms with E-state index in [1.807, 2.05) is 18.5 Å². The SMILES string of the molecule is CC(C)CN1CCC2(CCN(Cc3cccnc3)CC2)C1=O.O=C(O)C(F)(F)F. The van der Waals surface area contributed by atoms with Gasteiger partial charge in [-0.05, 0) is 49.9 Å². The molecule has 29 heavy (non-hydrogen) atoms. The highest BCUT2D eigenvalue weighted by atomic mass is 19.4. The van der Waals surface area contributed by atoms with Crippen LogP contribution >= 0.6 is 0 Å². The molecule has 1 aromatic rings. The Labute approximate surface area is 168 Å². The Hall–Kier alpha value is -2.16. The van der Waals surface area contributed by atoms with E-state index >= 15 is 0 Å². The van der Waals surface area contributed by atoms with Crippen molar-refractivity contribution in [3.63, 3.8) is 0 Å². The number of rotatable bonds is 4. The molecule has 0 aliphatic carbocycles. The summed E-state index contributed by atoms with van der Waals surface area (Å²) in [5.41, 5.74) is 1.21. The lowest BCUT2D eigenvalue weighted by Crippen LogP contribution is -2.44. The van der Waals surface area contributed by atoms with Gasteiger partial charge in [-0.1, -0.05) is 19.9 Å². The Morgan fingerprint density at radius 3 is 2.31 bits per heavy atom.